The Hall–Kier alpha value is -0.610. The van der Waals surface area contributed by atoms with Crippen LogP contribution in [0.25, 0.3) is 0 Å². The molecule has 0 unspecified atom stereocenters. The maximum atomic E-state index is 13.4. The van der Waals surface area contributed by atoms with Crippen molar-refractivity contribution in [3.05, 3.63) is 0 Å². The van der Waals surface area contributed by atoms with Crippen LogP contribution in [0.4, 0.5) is 0 Å². The average molecular weight is 386 g/mol. The van der Waals surface area contributed by atoms with Crippen molar-refractivity contribution >= 4 is 5.78 Å². The van der Waals surface area contributed by atoms with E-state index in [0.29, 0.717) is 32.0 Å². The Morgan fingerprint density at radius 2 is 1.37 bits per heavy atom. The van der Waals surface area contributed by atoms with Crippen LogP contribution < -0.4 is 0 Å². The second kappa shape index (κ2) is 7.67. The molecular weight excluding hydrogens is 352 g/mol. The number of carbonyl (C=O) groups is 1. The molecule has 0 aromatic carbocycles. The highest BCUT2D eigenvalue weighted by molar-refractivity contribution is 5.93. The molecule has 156 valence electrons. The summed E-state index contributed by atoms with van der Waals surface area (Å²) in [6.07, 6.45) is -3.13. The Bertz CT molecular complexity index is 514. The van der Waals surface area contributed by atoms with Crippen molar-refractivity contribution in [1.82, 2.24) is 9.80 Å². The summed E-state index contributed by atoms with van der Waals surface area (Å²) in [5.74, 6) is 0.357. The minimum absolute atomic E-state index is 0.357. The van der Waals surface area contributed by atoms with Crippen molar-refractivity contribution in [1.29, 1.82) is 0 Å². The van der Waals surface area contributed by atoms with Gasteiger partial charge in [0.2, 0.25) is 0 Å². The lowest BCUT2D eigenvalue weighted by atomic mass is 9.57. The molecule has 4 fully saturated rings. The van der Waals surface area contributed by atoms with Gasteiger partial charge in [0.05, 0.1) is 23.6 Å². The molecule has 4 saturated heterocycles. The van der Waals surface area contributed by atoms with Gasteiger partial charge in [-0.2, -0.15) is 0 Å². The van der Waals surface area contributed by atoms with Crippen LogP contribution in [0.2, 0.25) is 0 Å². The lowest BCUT2D eigenvalue weighted by Crippen LogP contribution is -2.81. The van der Waals surface area contributed by atoms with Crippen molar-refractivity contribution in [2.24, 2.45) is 10.8 Å². The predicted octanol–water partition coefficient (Wildman–Crippen LogP) is -1.46. The molecule has 4 aliphatic rings. The van der Waals surface area contributed by atoms with E-state index in [9.17, 15) is 25.2 Å². The summed E-state index contributed by atoms with van der Waals surface area (Å²) < 4.78 is 0. The largest absolute Gasteiger partial charge is 0.394 e. The molecule has 4 bridgehead atoms. The summed E-state index contributed by atoms with van der Waals surface area (Å²) in [6, 6.07) is 0. The Morgan fingerprint density at radius 1 is 0.926 bits per heavy atom. The number of carbonyl (C=O) groups excluding carboxylic acids is 1. The number of Topliss-reactive ketones (excluding diaryl/α,β-unsaturated/α-hetero) is 1. The van der Waals surface area contributed by atoms with E-state index >= 15 is 0 Å². The number of nitrogens with zero attached hydrogens (tertiary/aromatic N) is 2. The Balaban J connectivity index is 1.86. The van der Waals surface area contributed by atoms with E-state index in [4.69, 9.17) is 5.11 Å². The summed E-state index contributed by atoms with van der Waals surface area (Å²) in [5, 5.41) is 49.8. The summed E-state index contributed by atoms with van der Waals surface area (Å²) in [4.78, 5) is 17.5. The van der Waals surface area contributed by atoms with E-state index in [0.717, 1.165) is 25.7 Å². The first-order chi connectivity index (χ1) is 12.7. The molecule has 0 amide bonds. The van der Waals surface area contributed by atoms with Crippen LogP contribution >= 0.6 is 0 Å². The molecule has 4 atom stereocenters. The first-order valence-electron chi connectivity index (χ1n) is 10.1. The highest BCUT2D eigenvalue weighted by Crippen LogP contribution is 2.52. The number of piperidine rings is 2. The van der Waals surface area contributed by atoms with E-state index in [2.05, 4.69) is 23.6 Å². The standard InChI is InChI=1S/C19H34N2O6/c1-3-5-18-8-20-10-19(6-4-2,17(18)27)11-21(9-18)16(20)15(26)14(25)13(24)12(23)7-22/h12-16,22-26H,3-11H2,1-2H3/t12-,13+,14+,15+,16?,18?,19?/m0/s1. The SMILES string of the molecule is CCCC12CN3CC(CCC)(CN(C1)C3[C@H](O)[C@H](O)[C@H](O)[C@@H](O)CO)C2=O. The number of hydrogen-bond acceptors (Lipinski definition) is 8. The third-order valence-electron chi connectivity index (χ3n) is 6.78. The van der Waals surface area contributed by atoms with Gasteiger partial charge >= 0.3 is 0 Å². The zero-order chi connectivity index (χ0) is 20.0. The van der Waals surface area contributed by atoms with Gasteiger partial charge in [0.15, 0.2) is 0 Å². The van der Waals surface area contributed by atoms with Gasteiger partial charge in [-0.25, -0.2) is 0 Å². The molecule has 0 saturated carbocycles. The van der Waals surface area contributed by atoms with Crippen molar-refractivity contribution in [2.75, 3.05) is 32.8 Å². The van der Waals surface area contributed by atoms with Gasteiger partial charge in [-0.3, -0.25) is 14.6 Å². The molecule has 4 aliphatic heterocycles. The number of aliphatic hydroxyl groups is 5. The quantitative estimate of drug-likeness (QED) is 0.326. The van der Waals surface area contributed by atoms with Gasteiger partial charge in [0.1, 0.15) is 30.2 Å². The lowest BCUT2D eigenvalue weighted by Gasteiger charge is -2.67. The maximum absolute atomic E-state index is 13.4. The molecule has 27 heavy (non-hydrogen) atoms. The third kappa shape index (κ3) is 3.25. The van der Waals surface area contributed by atoms with E-state index in [1.165, 1.54) is 0 Å². The maximum Gasteiger partial charge on any atom is 0.150 e. The van der Waals surface area contributed by atoms with Gasteiger partial charge in [0.25, 0.3) is 0 Å². The summed E-state index contributed by atoms with van der Waals surface area (Å²) in [6.45, 7) is 5.65. The van der Waals surface area contributed by atoms with Crippen LogP contribution in [0.15, 0.2) is 0 Å². The fourth-order valence-corrected chi connectivity index (χ4v) is 5.87. The molecular formula is C19H34N2O6. The zero-order valence-corrected chi connectivity index (χ0v) is 16.3. The smallest absolute Gasteiger partial charge is 0.150 e. The second-order valence-corrected chi connectivity index (χ2v) is 8.84. The fourth-order valence-electron chi connectivity index (χ4n) is 5.87. The van der Waals surface area contributed by atoms with Gasteiger partial charge in [0, 0.05) is 26.2 Å². The average Bonchev–Trinajstić information content (AvgIpc) is 2.63. The van der Waals surface area contributed by atoms with Crippen LogP contribution in [-0.2, 0) is 4.79 Å². The third-order valence-corrected chi connectivity index (χ3v) is 6.78. The highest BCUT2D eigenvalue weighted by Gasteiger charge is 2.65. The highest BCUT2D eigenvalue weighted by atomic mass is 16.4. The first-order valence-corrected chi connectivity index (χ1v) is 10.1. The van der Waals surface area contributed by atoms with Crippen LogP contribution in [0.5, 0.6) is 0 Å². The van der Waals surface area contributed by atoms with E-state index in [1.807, 2.05) is 0 Å². The van der Waals surface area contributed by atoms with Crippen molar-refractivity contribution < 1.29 is 30.3 Å². The van der Waals surface area contributed by atoms with Crippen LogP contribution in [0, 0.1) is 10.8 Å². The normalized spacial score (nSPS) is 42.2. The molecule has 8 heteroatoms. The van der Waals surface area contributed by atoms with Gasteiger partial charge < -0.3 is 25.5 Å². The van der Waals surface area contributed by atoms with E-state index in [-0.39, 0.29) is 0 Å². The molecule has 4 heterocycles. The molecule has 0 spiro atoms. The van der Waals surface area contributed by atoms with Crippen molar-refractivity contribution in [3.8, 4) is 0 Å². The van der Waals surface area contributed by atoms with Gasteiger partial charge in [-0.15, -0.1) is 0 Å². The molecule has 0 aromatic heterocycles. The number of rotatable bonds is 9. The Kier molecular flexibility index (Phi) is 5.99. The van der Waals surface area contributed by atoms with Crippen LogP contribution in [-0.4, -0.2) is 104 Å². The van der Waals surface area contributed by atoms with Crippen LogP contribution in [0.1, 0.15) is 39.5 Å². The summed E-state index contributed by atoms with van der Waals surface area (Å²) in [7, 11) is 0. The lowest BCUT2D eigenvalue weighted by molar-refractivity contribution is -0.235. The van der Waals surface area contributed by atoms with Crippen molar-refractivity contribution in [2.45, 2.75) is 70.1 Å². The van der Waals surface area contributed by atoms with Crippen LogP contribution in [0.3, 0.4) is 0 Å². The number of aliphatic hydroxyl groups excluding tert-OH is 5. The first kappa shape index (κ1) is 21.1. The number of hydrogen-bond donors (Lipinski definition) is 5. The molecule has 4 rings (SSSR count). The molecule has 5 N–H and O–H groups in total. The Labute approximate surface area is 160 Å². The second-order valence-electron chi connectivity index (χ2n) is 8.84. The molecule has 0 aliphatic carbocycles. The van der Waals surface area contributed by atoms with Gasteiger partial charge in [-0.1, -0.05) is 26.7 Å². The van der Waals surface area contributed by atoms with E-state index < -0.39 is 48.0 Å². The van der Waals surface area contributed by atoms with Crippen molar-refractivity contribution in [3.63, 3.8) is 0 Å². The number of ketones is 1. The molecule has 0 aromatic rings. The Morgan fingerprint density at radius 3 is 1.74 bits per heavy atom. The fraction of sp³-hybridized carbons (Fsp3) is 0.947. The topological polar surface area (TPSA) is 125 Å². The van der Waals surface area contributed by atoms with E-state index in [1.54, 1.807) is 0 Å². The summed E-state index contributed by atoms with van der Waals surface area (Å²) >= 11 is 0. The minimum Gasteiger partial charge on any atom is -0.394 e. The minimum atomic E-state index is -1.64. The monoisotopic (exact) mass is 386 g/mol. The predicted molar refractivity (Wildman–Crippen MR) is 97.7 cm³/mol. The molecule has 8 nitrogen and oxygen atoms in total. The summed E-state index contributed by atoms with van der Waals surface area (Å²) in [5.41, 5.74) is -0.852. The molecule has 0 radical (unpaired) electrons. The van der Waals surface area contributed by atoms with Gasteiger partial charge in [-0.05, 0) is 12.8 Å². The zero-order valence-electron chi connectivity index (χ0n) is 16.3.